The number of hydrogen-bond acceptors (Lipinski definition) is 3. The second kappa shape index (κ2) is 9.86. The van der Waals surface area contributed by atoms with Crippen molar-refractivity contribution in [3.05, 3.63) is 90.3 Å². The molecule has 3 N–H and O–H groups in total. The molecule has 1 atom stereocenters. The van der Waals surface area contributed by atoms with E-state index in [9.17, 15) is 4.79 Å². The van der Waals surface area contributed by atoms with Crippen LogP contribution in [-0.2, 0) is 0 Å². The van der Waals surface area contributed by atoms with Crippen molar-refractivity contribution in [3.8, 4) is 16.8 Å². The van der Waals surface area contributed by atoms with Crippen molar-refractivity contribution in [2.75, 3.05) is 5.32 Å². The number of nitrogens with one attached hydrogen (secondary N) is 1. The van der Waals surface area contributed by atoms with E-state index in [1.807, 2.05) is 36.5 Å². The zero-order valence-corrected chi connectivity index (χ0v) is 21.1. The summed E-state index contributed by atoms with van der Waals surface area (Å²) in [7, 11) is 0. The molecular formula is C31H32N4O. The molecule has 1 amide bonds. The number of anilines is 1. The summed E-state index contributed by atoms with van der Waals surface area (Å²) in [4.78, 5) is 16.9. The molecule has 5 aromatic rings. The van der Waals surface area contributed by atoms with Gasteiger partial charge in [-0.2, -0.15) is 0 Å². The molecule has 0 unspecified atom stereocenters. The first-order chi connectivity index (χ1) is 17.5. The molecule has 36 heavy (non-hydrogen) atoms. The molecule has 5 rings (SSSR count). The molecule has 0 aliphatic rings. The Bertz CT molecular complexity index is 1570. The first-order valence-corrected chi connectivity index (χ1v) is 12.7. The van der Waals surface area contributed by atoms with Crippen LogP contribution in [0.4, 0.5) is 5.69 Å². The average Bonchev–Trinajstić information content (AvgIpc) is 3.23. The molecule has 0 spiro atoms. The van der Waals surface area contributed by atoms with Crippen LogP contribution in [0.2, 0.25) is 0 Å². The number of aromatic nitrogens is 2. The Kier molecular flexibility index (Phi) is 6.47. The third kappa shape index (κ3) is 4.33. The monoisotopic (exact) mass is 476 g/mol. The number of carbonyl (C=O) groups is 1. The number of nitrogens with zero attached hydrogens (tertiary/aromatic N) is 2. The second-order valence-corrected chi connectivity index (χ2v) is 9.41. The van der Waals surface area contributed by atoms with Crippen LogP contribution in [0.1, 0.15) is 49.2 Å². The van der Waals surface area contributed by atoms with Crippen LogP contribution in [0.15, 0.2) is 79.0 Å². The highest BCUT2D eigenvalue weighted by Gasteiger charge is 2.17. The van der Waals surface area contributed by atoms with Gasteiger partial charge in [-0.1, -0.05) is 50.6 Å². The molecule has 5 heteroatoms. The van der Waals surface area contributed by atoms with Crippen LogP contribution in [0.3, 0.4) is 0 Å². The molecular weight excluding hydrogens is 444 g/mol. The second-order valence-electron chi connectivity index (χ2n) is 9.41. The minimum atomic E-state index is -0.421. The fourth-order valence-corrected chi connectivity index (χ4v) is 5.13. The van der Waals surface area contributed by atoms with Gasteiger partial charge in [-0.25, -0.2) is 0 Å². The van der Waals surface area contributed by atoms with Gasteiger partial charge in [0.15, 0.2) is 0 Å². The molecule has 2 aromatic heterocycles. The molecule has 0 saturated heterocycles. The maximum absolute atomic E-state index is 12.2. The highest BCUT2D eigenvalue weighted by atomic mass is 16.1. The van der Waals surface area contributed by atoms with Crippen LogP contribution in [0, 0.1) is 6.92 Å². The van der Waals surface area contributed by atoms with Crippen LogP contribution in [0.25, 0.3) is 38.6 Å². The Hall–Kier alpha value is -4.12. The van der Waals surface area contributed by atoms with Crippen LogP contribution < -0.4 is 11.1 Å². The number of aryl methyl sites for hydroxylation is 1. The summed E-state index contributed by atoms with van der Waals surface area (Å²) in [6.45, 7) is 6.45. The molecule has 0 aliphatic carbocycles. The first-order valence-electron chi connectivity index (χ1n) is 12.7. The standard InChI is InChI=1S/C31H32N4O/c1-4-9-23(5-2)34-29-18-24(14-15-26(29)31(32)36)35-20(3)16-27-25(11-8-13-30(27)35)22-17-21-10-6-7-12-28(21)33-19-22/h6-8,10-19,23,34H,4-5,9H2,1-3H3,(H2,32,36)/t23-/m0/s1. The number of amides is 1. The van der Waals surface area contributed by atoms with E-state index in [4.69, 9.17) is 5.73 Å². The van der Waals surface area contributed by atoms with Gasteiger partial charge < -0.3 is 15.6 Å². The highest BCUT2D eigenvalue weighted by Crippen LogP contribution is 2.34. The van der Waals surface area contributed by atoms with Gasteiger partial charge in [0.2, 0.25) is 0 Å². The normalized spacial score (nSPS) is 12.2. The number of benzene rings is 3. The van der Waals surface area contributed by atoms with E-state index in [2.05, 4.69) is 78.1 Å². The number of para-hydroxylation sites is 1. The van der Waals surface area contributed by atoms with Gasteiger partial charge in [0.05, 0.1) is 16.6 Å². The number of rotatable bonds is 8. The molecule has 2 heterocycles. The molecule has 5 nitrogen and oxygen atoms in total. The van der Waals surface area contributed by atoms with Gasteiger partial charge >= 0.3 is 0 Å². The summed E-state index contributed by atoms with van der Waals surface area (Å²) in [6.07, 6.45) is 5.04. The minimum Gasteiger partial charge on any atom is -0.382 e. The molecule has 0 saturated carbocycles. The van der Waals surface area contributed by atoms with Crippen molar-refractivity contribution < 1.29 is 4.79 Å². The van der Waals surface area contributed by atoms with Gasteiger partial charge in [0, 0.05) is 45.6 Å². The fraction of sp³-hybridized carbons (Fsp3) is 0.226. The van der Waals surface area contributed by atoms with Gasteiger partial charge in [-0.05, 0) is 67.8 Å². The number of hydrogen-bond donors (Lipinski definition) is 2. The van der Waals surface area contributed by atoms with E-state index < -0.39 is 5.91 Å². The zero-order chi connectivity index (χ0) is 25.2. The van der Waals surface area contributed by atoms with Crippen molar-refractivity contribution in [1.82, 2.24) is 9.55 Å². The smallest absolute Gasteiger partial charge is 0.250 e. The average molecular weight is 477 g/mol. The Morgan fingerprint density at radius 3 is 2.64 bits per heavy atom. The Labute approximate surface area is 212 Å². The van der Waals surface area contributed by atoms with E-state index in [-0.39, 0.29) is 6.04 Å². The van der Waals surface area contributed by atoms with Gasteiger partial charge in [-0.15, -0.1) is 0 Å². The lowest BCUT2D eigenvalue weighted by Gasteiger charge is -2.21. The molecule has 0 radical (unpaired) electrons. The largest absolute Gasteiger partial charge is 0.382 e. The summed E-state index contributed by atoms with van der Waals surface area (Å²) < 4.78 is 2.24. The number of carbonyl (C=O) groups excluding carboxylic acids is 1. The Balaban J connectivity index is 1.63. The molecule has 0 aliphatic heterocycles. The van der Waals surface area contributed by atoms with Gasteiger partial charge in [0.1, 0.15) is 0 Å². The number of primary amides is 1. The first kappa shape index (κ1) is 23.6. The third-order valence-electron chi connectivity index (χ3n) is 6.95. The predicted molar refractivity (Wildman–Crippen MR) is 150 cm³/mol. The number of nitrogens with two attached hydrogens (primary N) is 1. The fourth-order valence-electron chi connectivity index (χ4n) is 5.13. The van der Waals surface area contributed by atoms with Crippen molar-refractivity contribution in [3.63, 3.8) is 0 Å². The lowest BCUT2D eigenvalue weighted by Crippen LogP contribution is -2.22. The Morgan fingerprint density at radius 2 is 1.86 bits per heavy atom. The van der Waals surface area contributed by atoms with Crippen molar-refractivity contribution >= 4 is 33.4 Å². The summed E-state index contributed by atoms with van der Waals surface area (Å²) in [5.41, 5.74) is 13.5. The summed E-state index contributed by atoms with van der Waals surface area (Å²) in [6, 6.07) is 25.1. The maximum Gasteiger partial charge on any atom is 0.250 e. The van der Waals surface area contributed by atoms with Crippen LogP contribution in [0.5, 0.6) is 0 Å². The zero-order valence-electron chi connectivity index (χ0n) is 21.1. The van der Waals surface area contributed by atoms with Gasteiger partial charge in [0.25, 0.3) is 5.91 Å². The van der Waals surface area contributed by atoms with Crippen LogP contribution in [-0.4, -0.2) is 21.5 Å². The van der Waals surface area contributed by atoms with E-state index in [1.165, 1.54) is 0 Å². The minimum absolute atomic E-state index is 0.290. The Morgan fingerprint density at radius 1 is 1.03 bits per heavy atom. The van der Waals surface area contributed by atoms with Crippen LogP contribution >= 0.6 is 0 Å². The number of pyridine rings is 1. The summed E-state index contributed by atoms with van der Waals surface area (Å²) in [5.74, 6) is -0.421. The summed E-state index contributed by atoms with van der Waals surface area (Å²) >= 11 is 0. The summed E-state index contributed by atoms with van der Waals surface area (Å²) in [5, 5.41) is 5.87. The number of fused-ring (bicyclic) bond motifs is 2. The van der Waals surface area contributed by atoms with E-state index in [1.54, 1.807) is 0 Å². The molecule has 182 valence electrons. The van der Waals surface area contributed by atoms with Crippen molar-refractivity contribution in [2.24, 2.45) is 5.73 Å². The van der Waals surface area contributed by atoms with Gasteiger partial charge in [-0.3, -0.25) is 9.78 Å². The SMILES string of the molecule is CCC[C@H](CC)Nc1cc(-n2c(C)cc3c(-c4cnc5ccccc5c4)cccc32)ccc1C(N)=O. The molecule has 0 bridgehead atoms. The topological polar surface area (TPSA) is 72.9 Å². The quantitative estimate of drug-likeness (QED) is 0.248. The highest BCUT2D eigenvalue weighted by molar-refractivity contribution is 6.00. The molecule has 0 fully saturated rings. The van der Waals surface area contributed by atoms with Crippen molar-refractivity contribution in [1.29, 1.82) is 0 Å². The lowest BCUT2D eigenvalue weighted by molar-refractivity contribution is 0.100. The third-order valence-corrected chi connectivity index (χ3v) is 6.95. The van der Waals surface area contributed by atoms with E-state index >= 15 is 0 Å². The van der Waals surface area contributed by atoms with Crippen molar-refractivity contribution in [2.45, 2.75) is 46.1 Å². The predicted octanol–water partition coefficient (Wildman–Crippen LogP) is 7.24. The molecule has 3 aromatic carbocycles. The van der Waals surface area contributed by atoms with E-state index in [0.717, 1.165) is 69.3 Å². The van der Waals surface area contributed by atoms with E-state index in [0.29, 0.717) is 5.56 Å². The lowest BCUT2D eigenvalue weighted by atomic mass is 10.0. The maximum atomic E-state index is 12.2.